The van der Waals surface area contributed by atoms with Crippen LogP contribution in [0.15, 0.2) is 30.3 Å². The molecule has 1 N–H and O–H groups in total. The average molecular weight is 201 g/mol. The molecule has 0 bridgehead atoms. The Kier molecular flexibility index (Phi) is 2.28. The van der Waals surface area contributed by atoms with E-state index in [2.05, 4.69) is 42.6 Å². The van der Waals surface area contributed by atoms with Crippen molar-refractivity contribution in [2.24, 2.45) is 5.92 Å². The fraction of sp³-hybridized carbons (Fsp3) is 0.571. The fourth-order valence-corrected chi connectivity index (χ4v) is 2.61. The summed E-state index contributed by atoms with van der Waals surface area (Å²) in [6.45, 7) is 2.34. The molecule has 0 heterocycles. The molecule has 2 fully saturated rings. The minimum absolute atomic E-state index is 0.796. The van der Waals surface area contributed by atoms with Crippen molar-refractivity contribution in [1.29, 1.82) is 0 Å². The van der Waals surface area contributed by atoms with Gasteiger partial charge in [0.25, 0.3) is 0 Å². The lowest BCUT2D eigenvalue weighted by Gasteiger charge is -2.36. The maximum Gasteiger partial charge on any atom is 0.00989 e. The molecule has 0 aliphatic heterocycles. The first-order valence-electron chi connectivity index (χ1n) is 6.14. The quantitative estimate of drug-likeness (QED) is 0.793. The smallest absolute Gasteiger partial charge is 0.00989 e. The molecule has 0 saturated heterocycles. The third-order valence-corrected chi connectivity index (χ3v) is 3.97. The second kappa shape index (κ2) is 3.64. The van der Waals surface area contributed by atoms with Crippen LogP contribution in [0.5, 0.6) is 0 Å². The monoisotopic (exact) mass is 201 g/mol. The first-order valence-corrected chi connectivity index (χ1v) is 6.14. The topological polar surface area (TPSA) is 12.0 Å². The first-order chi connectivity index (χ1) is 7.33. The van der Waals surface area contributed by atoms with Crippen LogP contribution in [0.3, 0.4) is 0 Å². The SMILES string of the molecule is CC1CC1NC1CC(c2ccccc2)C1. The van der Waals surface area contributed by atoms with Crippen LogP contribution in [0.25, 0.3) is 0 Å². The first kappa shape index (κ1) is 9.41. The maximum atomic E-state index is 3.74. The van der Waals surface area contributed by atoms with E-state index in [0.717, 1.165) is 23.9 Å². The molecule has 15 heavy (non-hydrogen) atoms. The van der Waals surface area contributed by atoms with Gasteiger partial charge in [0.1, 0.15) is 0 Å². The summed E-state index contributed by atoms with van der Waals surface area (Å²) in [4.78, 5) is 0. The molecule has 1 aromatic rings. The van der Waals surface area contributed by atoms with Crippen molar-refractivity contribution in [3.8, 4) is 0 Å². The molecule has 0 aromatic heterocycles. The second-order valence-corrected chi connectivity index (χ2v) is 5.26. The number of rotatable bonds is 3. The van der Waals surface area contributed by atoms with E-state index < -0.39 is 0 Å². The summed E-state index contributed by atoms with van der Waals surface area (Å²) in [6.07, 6.45) is 4.08. The van der Waals surface area contributed by atoms with Crippen LogP contribution in [-0.4, -0.2) is 12.1 Å². The zero-order valence-corrected chi connectivity index (χ0v) is 9.32. The van der Waals surface area contributed by atoms with E-state index in [-0.39, 0.29) is 0 Å². The number of hydrogen-bond acceptors (Lipinski definition) is 1. The van der Waals surface area contributed by atoms with Crippen molar-refractivity contribution in [2.75, 3.05) is 0 Å². The molecule has 2 atom stereocenters. The Labute approximate surface area is 91.9 Å². The average Bonchev–Trinajstić information content (AvgIpc) is 2.89. The molecule has 2 unspecified atom stereocenters. The summed E-state index contributed by atoms with van der Waals surface area (Å²) in [6, 6.07) is 12.6. The molecule has 0 amide bonds. The molecule has 2 saturated carbocycles. The Morgan fingerprint density at radius 1 is 1.07 bits per heavy atom. The summed E-state index contributed by atoms with van der Waals surface area (Å²) in [5, 5.41) is 3.74. The summed E-state index contributed by atoms with van der Waals surface area (Å²) in [7, 11) is 0. The van der Waals surface area contributed by atoms with E-state index >= 15 is 0 Å². The third-order valence-electron chi connectivity index (χ3n) is 3.97. The van der Waals surface area contributed by atoms with Gasteiger partial charge in [0, 0.05) is 12.1 Å². The minimum Gasteiger partial charge on any atom is -0.311 e. The molecular weight excluding hydrogens is 182 g/mol. The van der Waals surface area contributed by atoms with Crippen molar-refractivity contribution in [3.63, 3.8) is 0 Å². The Bertz CT molecular complexity index is 326. The lowest BCUT2D eigenvalue weighted by atomic mass is 9.76. The van der Waals surface area contributed by atoms with Crippen LogP contribution >= 0.6 is 0 Å². The molecule has 0 spiro atoms. The fourth-order valence-electron chi connectivity index (χ4n) is 2.61. The van der Waals surface area contributed by atoms with Gasteiger partial charge >= 0.3 is 0 Å². The van der Waals surface area contributed by atoms with Gasteiger partial charge in [0.05, 0.1) is 0 Å². The summed E-state index contributed by atoms with van der Waals surface area (Å²) < 4.78 is 0. The van der Waals surface area contributed by atoms with Gasteiger partial charge in [-0.25, -0.2) is 0 Å². The molecule has 1 nitrogen and oxygen atoms in total. The standard InChI is InChI=1S/C14H19N/c1-10-7-14(10)15-13-8-12(9-13)11-5-3-2-4-6-11/h2-6,10,12-15H,7-9H2,1H3. The van der Waals surface area contributed by atoms with E-state index in [0.29, 0.717) is 0 Å². The summed E-state index contributed by atoms with van der Waals surface area (Å²) in [5.41, 5.74) is 1.53. The van der Waals surface area contributed by atoms with Crippen molar-refractivity contribution < 1.29 is 0 Å². The highest BCUT2D eigenvalue weighted by molar-refractivity contribution is 5.23. The Balaban J connectivity index is 1.49. The van der Waals surface area contributed by atoms with Gasteiger partial charge in [-0.15, -0.1) is 0 Å². The highest BCUT2D eigenvalue weighted by Crippen LogP contribution is 2.39. The molecule has 3 rings (SSSR count). The van der Waals surface area contributed by atoms with Gasteiger partial charge in [-0.2, -0.15) is 0 Å². The lowest BCUT2D eigenvalue weighted by molar-refractivity contribution is 0.286. The lowest BCUT2D eigenvalue weighted by Crippen LogP contribution is -2.41. The van der Waals surface area contributed by atoms with Gasteiger partial charge in [-0.05, 0) is 36.7 Å². The van der Waals surface area contributed by atoms with E-state index in [9.17, 15) is 0 Å². The number of hydrogen-bond donors (Lipinski definition) is 1. The number of benzene rings is 1. The summed E-state index contributed by atoms with van der Waals surface area (Å²) in [5.74, 6) is 1.75. The maximum absolute atomic E-state index is 3.74. The Morgan fingerprint density at radius 3 is 2.33 bits per heavy atom. The van der Waals surface area contributed by atoms with Crippen LogP contribution in [-0.2, 0) is 0 Å². The van der Waals surface area contributed by atoms with Gasteiger partial charge < -0.3 is 5.32 Å². The normalized spacial score (nSPS) is 38.5. The number of nitrogens with one attached hydrogen (secondary N) is 1. The zero-order chi connectivity index (χ0) is 10.3. The van der Waals surface area contributed by atoms with E-state index in [1.807, 2.05) is 0 Å². The minimum atomic E-state index is 0.796. The molecular formula is C14H19N. The predicted octanol–water partition coefficient (Wildman–Crippen LogP) is 2.93. The van der Waals surface area contributed by atoms with Crippen LogP contribution in [0.2, 0.25) is 0 Å². The molecule has 2 aliphatic carbocycles. The molecule has 1 aromatic carbocycles. The van der Waals surface area contributed by atoms with Crippen LogP contribution in [0, 0.1) is 5.92 Å². The van der Waals surface area contributed by atoms with E-state index in [4.69, 9.17) is 0 Å². The highest BCUT2D eigenvalue weighted by Gasteiger charge is 2.38. The van der Waals surface area contributed by atoms with Gasteiger partial charge in [-0.1, -0.05) is 37.3 Å². The van der Waals surface area contributed by atoms with E-state index in [1.54, 1.807) is 0 Å². The van der Waals surface area contributed by atoms with Gasteiger partial charge in [-0.3, -0.25) is 0 Å². The highest BCUT2D eigenvalue weighted by atomic mass is 15.0. The predicted molar refractivity (Wildman–Crippen MR) is 62.9 cm³/mol. The van der Waals surface area contributed by atoms with E-state index in [1.165, 1.54) is 24.8 Å². The van der Waals surface area contributed by atoms with Crippen molar-refractivity contribution in [1.82, 2.24) is 5.32 Å². The second-order valence-electron chi connectivity index (χ2n) is 5.26. The zero-order valence-electron chi connectivity index (χ0n) is 9.32. The molecule has 1 heteroatoms. The summed E-state index contributed by atoms with van der Waals surface area (Å²) >= 11 is 0. The van der Waals surface area contributed by atoms with Crippen LogP contribution < -0.4 is 5.32 Å². The largest absolute Gasteiger partial charge is 0.311 e. The van der Waals surface area contributed by atoms with Crippen LogP contribution in [0.4, 0.5) is 0 Å². The van der Waals surface area contributed by atoms with Crippen LogP contribution in [0.1, 0.15) is 37.7 Å². The van der Waals surface area contributed by atoms with Gasteiger partial charge in [0.15, 0.2) is 0 Å². The van der Waals surface area contributed by atoms with Crippen molar-refractivity contribution >= 4 is 0 Å². The van der Waals surface area contributed by atoms with Gasteiger partial charge in [0.2, 0.25) is 0 Å². The molecule has 2 aliphatic rings. The van der Waals surface area contributed by atoms with Crippen molar-refractivity contribution in [3.05, 3.63) is 35.9 Å². The molecule has 80 valence electrons. The molecule has 0 radical (unpaired) electrons. The third kappa shape index (κ3) is 1.93. The Hall–Kier alpha value is -0.820. The van der Waals surface area contributed by atoms with Crippen molar-refractivity contribution in [2.45, 2.75) is 44.2 Å². The Morgan fingerprint density at radius 2 is 1.73 bits per heavy atom.